The summed E-state index contributed by atoms with van der Waals surface area (Å²) in [7, 11) is 0. The molecule has 2 aromatic rings. The quantitative estimate of drug-likeness (QED) is 0.851. The number of hydrogen-bond acceptors (Lipinski definition) is 3. The van der Waals surface area contributed by atoms with Crippen LogP contribution in [0.4, 0.5) is 0 Å². The van der Waals surface area contributed by atoms with Crippen LogP contribution in [-0.4, -0.2) is 10.1 Å². The van der Waals surface area contributed by atoms with E-state index in [9.17, 15) is 5.11 Å². The highest BCUT2D eigenvalue weighted by atomic mass is 16.3. The molecule has 17 heavy (non-hydrogen) atoms. The van der Waals surface area contributed by atoms with Crippen molar-refractivity contribution in [3.8, 4) is 6.07 Å². The number of aliphatic hydroxyl groups excluding tert-OH is 1. The van der Waals surface area contributed by atoms with Gasteiger partial charge in [0, 0.05) is 17.5 Å². The average Bonchev–Trinajstić information content (AvgIpc) is 2.39. The maximum atomic E-state index is 10.1. The first-order chi connectivity index (χ1) is 8.20. The maximum absolute atomic E-state index is 10.1. The second-order valence-electron chi connectivity index (χ2n) is 3.87. The Labute approximate surface area is 100.0 Å². The van der Waals surface area contributed by atoms with Crippen molar-refractivity contribution in [2.75, 3.05) is 0 Å². The molecule has 1 heterocycles. The van der Waals surface area contributed by atoms with E-state index in [-0.39, 0.29) is 0 Å². The van der Waals surface area contributed by atoms with E-state index in [4.69, 9.17) is 5.26 Å². The zero-order chi connectivity index (χ0) is 12.3. The van der Waals surface area contributed by atoms with E-state index < -0.39 is 6.10 Å². The Morgan fingerprint density at radius 2 is 1.76 bits per heavy atom. The summed E-state index contributed by atoms with van der Waals surface area (Å²) in [6.45, 7) is 1.90. The third kappa shape index (κ3) is 2.49. The van der Waals surface area contributed by atoms with Crippen LogP contribution in [-0.2, 0) is 0 Å². The van der Waals surface area contributed by atoms with Crippen molar-refractivity contribution in [2.24, 2.45) is 0 Å². The summed E-state index contributed by atoms with van der Waals surface area (Å²) in [6.07, 6.45) is 0.967. The summed E-state index contributed by atoms with van der Waals surface area (Å²) >= 11 is 0. The first-order valence-corrected chi connectivity index (χ1v) is 5.31. The predicted octanol–water partition coefficient (Wildman–Crippen LogP) is 2.34. The minimum absolute atomic E-state index is 0.586. The molecule has 0 fully saturated rings. The van der Waals surface area contributed by atoms with Gasteiger partial charge in [0.15, 0.2) is 0 Å². The molecule has 0 aliphatic rings. The third-order valence-corrected chi connectivity index (χ3v) is 2.61. The molecule has 0 bridgehead atoms. The van der Waals surface area contributed by atoms with Crippen molar-refractivity contribution in [2.45, 2.75) is 13.0 Å². The van der Waals surface area contributed by atoms with E-state index in [1.54, 1.807) is 30.5 Å². The molecule has 1 aromatic heterocycles. The number of nitriles is 1. The molecule has 84 valence electrons. The van der Waals surface area contributed by atoms with E-state index in [0.29, 0.717) is 5.56 Å². The molecule has 3 heteroatoms. The van der Waals surface area contributed by atoms with Crippen molar-refractivity contribution in [3.05, 3.63) is 65.0 Å². The van der Waals surface area contributed by atoms with Crippen molar-refractivity contribution in [3.63, 3.8) is 0 Å². The van der Waals surface area contributed by atoms with Gasteiger partial charge in [-0.05, 0) is 30.7 Å². The van der Waals surface area contributed by atoms with Gasteiger partial charge < -0.3 is 5.11 Å². The van der Waals surface area contributed by atoms with Gasteiger partial charge in [-0.15, -0.1) is 0 Å². The lowest BCUT2D eigenvalue weighted by atomic mass is 10.0. The Balaban J connectivity index is 2.27. The molecule has 2 rings (SSSR count). The molecule has 0 saturated heterocycles. The number of hydrogen-bond donors (Lipinski definition) is 1. The molecule has 0 radical (unpaired) electrons. The van der Waals surface area contributed by atoms with E-state index in [2.05, 4.69) is 4.98 Å². The lowest BCUT2D eigenvalue weighted by molar-refractivity contribution is 0.220. The molecular weight excluding hydrogens is 212 g/mol. The van der Waals surface area contributed by atoms with Gasteiger partial charge >= 0.3 is 0 Å². The fraction of sp³-hybridized carbons (Fsp3) is 0.143. The summed E-state index contributed by atoms with van der Waals surface area (Å²) < 4.78 is 0. The highest BCUT2D eigenvalue weighted by Crippen LogP contribution is 2.21. The Bertz CT molecular complexity index is 538. The number of aliphatic hydroxyl groups is 1. The van der Waals surface area contributed by atoms with Crippen molar-refractivity contribution >= 4 is 0 Å². The third-order valence-electron chi connectivity index (χ3n) is 2.61. The van der Waals surface area contributed by atoms with Crippen LogP contribution in [0.3, 0.4) is 0 Å². The van der Waals surface area contributed by atoms with Gasteiger partial charge in [-0.25, -0.2) is 0 Å². The molecule has 0 spiro atoms. The Hall–Kier alpha value is -2.18. The largest absolute Gasteiger partial charge is 0.384 e. The summed E-state index contributed by atoms with van der Waals surface area (Å²) in [5.41, 5.74) is 3.01. The Kier molecular flexibility index (Phi) is 3.17. The van der Waals surface area contributed by atoms with Gasteiger partial charge in [0.25, 0.3) is 0 Å². The van der Waals surface area contributed by atoms with Crippen LogP contribution < -0.4 is 0 Å². The van der Waals surface area contributed by atoms with Crippen LogP contribution in [0.1, 0.15) is 28.5 Å². The highest BCUT2D eigenvalue weighted by molar-refractivity contribution is 5.35. The first kappa shape index (κ1) is 11.3. The molecule has 3 nitrogen and oxygen atoms in total. The van der Waals surface area contributed by atoms with Gasteiger partial charge in [0.05, 0.1) is 11.6 Å². The standard InChI is InChI=1S/C14H12N2O/c1-10-2-5-13(9-16-10)14(17)12-6-3-11(8-15)4-7-12/h2-7,9,14,17H,1H3/t14-/m1/s1. The van der Waals surface area contributed by atoms with E-state index in [0.717, 1.165) is 16.8 Å². The van der Waals surface area contributed by atoms with Gasteiger partial charge in [0.2, 0.25) is 0 Å². The number of aryl methyl sites for hydroxylation is 1. The number of rotatable bonds is 2. The summed E-state index contributed by atoms with van der Waals surface area (Å²) in [4.78, 5) is 4.15. The molecule has 0 saturated carbocycles. The predicted molar refractivity (Wildman–Crippen MR) is 64.2 cm³/mol. The van der Waals surface area contributed by atoms with Crippen molar-refractivity contribution in [1.29, 1.82) is 5.26 Å². The number of pyridine rings is 1. The van der Waals surface area contributed by atoms with Crippen molar-refractivity contribution in [1.82, 2.24) is 4.98 Å². The first-order valence-electron chi connectivity index (χ1n) is 5.31. The van der Waals surface area contributed by atoms with Crippen LogP contribution in [0.5, 0.6) is 0 Å². The molecule has 1 atom stereocenters. The summed E-state index contributed by atoms with van der Waals surface area (Å²) in [5.74, 6) is 0. The summed E-state index contributed by atoms with van der Waals surface area (Å²) in [5, 5.41) is 18.8. The molecular formula is C14H12N2O. The second-order valence-corrected chi connectivity index (χ2v) is 3.87. The lowest BCUT2D eigenvalue weighted by Crippen LogP contribution is -2.00. The van der Waals surface area contributed by atoms with Gasteiger partial charge in [-0.1, -0.05) is 18.2 Å². The fourth-order valence-electron chi connectivity index (χ4n) is 1.57. The zero-order valence-corrected chi connectivity index (χ0v) is 9.46. The lowest BCUT2D eigenvalue weighted by Gasteiger charge is -2.11. The second kappa shape index (κ2) is 4.77. The smallest absolute Gasteiger partial charge is 0.106 e. The Morgan fingerprint density at radius 1 is 1.12 bits per heavy atom. The highest BCUT2D eigenvalue weighted by Gasteiger charge is 2.10. The topological polar surface area (TPSA) is 56.9 Å². The number of nitrogens with zero attached hydrogens (tertiary/aromatic N) is 2. The van der Waals surface area contributed by atoms with Crippen LogP contribution in [0.2, 0.25) is 0 Å². The minimum atomic E-state index is -0.698. The Morgan fingerprint density at radius 3 is 2.29 bits per heavy atom. The number of aromatic nitrogens is 1. The normalized spacial score (nSPS) is 11.8. The number of benzene rings is 1. The van der Waals surface area contributed by atoms with Gasteiger partial charge in [-0.2, -0.15) is 5.26 Å². The average molecular weight is 224 g/mol. The van der Waals surface area contributed by atoms with Crippen LogP contribution in [0.25, 0.3) is 0 Å². The molecule has 0 aliphatic heterocycles. The minimum Gasteiger partial charge on any atom is -0.384 e. The van der Waals surface area contributed by atoms with Crippen LogP contribution >= 0.6 is 0 Å². The monoisotopic (exact) mass is 224 g/mol. The van der Waals surface area contributed by atoms with Crippen LogP contribution in [0.15, 0.2) is 42.6 Å². The SMILES string of the molecule is Cc1ccc([C@H](O)c2ccc(C#N)cc2)cn1. The molecule has 0 unspecified atom stereocenters. The van der Waals surface area contributed by atoms with E-state index in [1.165, 1.54) is 0 Å². The molecule has 1 aromatic carbocycles. The molecule has 0 aliphatic carbocycles. The van der Waals surface area contributed by atoms with Gasteiger partial charge in [-0.3, -0.25) is 4.98 Å². The van der Waals surface area contributed by atoms with Crippen molar-refractivity contribution < 1.29 is 5.11 Å². The molecule has 1 N–H and O–H groups in total. The zero-order valence-electron chi connectivity index (χ0n) is 9.46. The fourth-order valence-corrected chi connectivity index (χ4v) is 1.57. The van der Waals surface area contributed by atoms with E-state index in [1.807, 2.05) is 25.1 Å². The summed E-state index contributed by atoms with van der Waals surface area (Å²) in [6, 6.07) is 12.7. The van der Waals surface area contributed by atoms with Gasteiger partial charge in [0.1, 0.15) is 6.10 Å². The maximum Gasteiger partial charge on any atom is 0.106 e. The molecule has 0 amide bonds. The van der Waals surface area contributed by atoms with E-state index >= 15 is 0 Å². The van der Waals surface area contributed by atoms with Crippen LogP contribution in [0, 0.1) is 18.3 Å².